The normalized spacial score (nSPS) is 21.5. The van der Waals surface area contributed by atoms with Gasteiger partial charge in [0.05, 0.1) is 12.6 Å². The lowest BCUT2D eigenvalue weighted by atomic mass is 10.2. The number of carbonyl (C=O) groups excluding carboxylic acids is 2. The third-order valence-electron chi connectivity index (χ3n) is 3.67. The van der Waals surface area contributed by atoms with Gasteiger partial charge in [-0.3, -0.25) is 9.69 Å². The van der Waals surface area contributed by atoms with Gasteiger partial charge in [0, 0.05) is 18.7 Å². The average molecular weight is 314 g/mol. The van der Waals surface area contributed by atoms with E-state index in [4.69, 9.17) is 0 Å². The maximum absolute atomic E-state index is 12.2. The van der Waals surface area contributed by atoms with E-state index in [1.165, 1.54) is 34.1 Å². The predicted molar refractivity (Wildman–Crippen MR) is 70.9 cm³/mol. The Labute approximate surface area is 124 Å². The van der Waals surface area contributed by atoms with Crippen molar-refractivity contribution in [1.82, 2.24) is 4.90 Å². The highest BCUT2D eigenvalue weighted by Gasteiger charge is 2.43. The van der Waals surface area contributed by atoms with Crippen LogP contribution in [0.4, 0.5) is 23.7 Å². The number of halogens is 3. The second-order valence-corrected chi connectivity index (χ2v) is 5.32. The van der Waals surface area contributed by atoms with Crippen molar-refractivity contribution in [3.63, 3.8) is 0 Å². The van der Waals surface area contributed by atoms with Gasteiger partial charge < -0.3 is 9.64 Å². The molecule has 0 spiro atoms. The van der Waals surface area contributed by atoms with E-state index < -0.39 is 12.8 Å². The molecule has 1 aromatic carbocycles. The molecule has 2 aliphatic heterocycles. The van der Waals surface area contributed by atoms with Crippen LogP contribution in [0.25, 0.3) is 0 Å². The zero-order valence-corrected chi connectivity index (χ0v) is 11.5. The van der Waals surface area contributed by atoms with Gasteiger partial charge in [0.15, 0.2) is 12.4 Å². The maximum Gasteiger partial charge on any atom is 0.422 e. The molecule has 118 valence electrons. The standard InChI is InChI=1S/C14H13F3N2O3/c15-14(16,17)8-22-12-3-1-9(2-4-12)18-6-10-5-11(20)7-19(10)13(18)21/h1-4,10H,5-8H2. The fraction of sp³-hybridized carbons (Fsp3) is 0.429. The molecule has 1 atom stereocenters. The molecule has 2 aliphatic rings. The third kappa shape index (κ3) is 2.86. The van der Waals surface area contributed by atoms with Crippen LogP contribution in [0.5, 0.6) is 5.75 Å². The van der Waals surface area contributed by atoms with Crippen molar-refractivity contribution in [2.75, 3.05) is 24.6 Å². The van der Waals surface area contributed by atoms with Gasteiger partial charge in [0.25, 0.3) is 0 Å². The number of hydrogen-bond acceptors (Lipinski definition) is 3. The number of benzene rings is 1. The molecule has 2 amide bonds. The van der Waals surface area contributed by atoms with Crippen molar-refractivity contribution in [1.29, 1.82) is 0 Å². The summed E-state index contributed by atoms with van der Waals surface area (Å²) in [7, 11) is 0. The van der Waals surface area contributed by atoms with E-state index >= 15 is 0 Å². The predicted octanol–water partition coefficient (Wildman–Crippen LogP) is 2.21. The molecule has 8 heteroatoms. The van der Waals surface area contributed by atoms with Gasteiger partial charge in [0.2, 0.25) is 0 Å². The van der Waals surface area contributed by atoms with Crippen molar-refractivity contribution in [3.05, 3.63) is 24.3 Å². The summed E-state index contributed by atoms with van der Waals surface area (Å²) in [5.74, 6) is 0.136. The molecular formula is C14H13F3N2O3. The number of anilines is 1. The Morgan fingerprint density at radius 1 is 1.18 bits per heavy atom. The average Bonchev–Trinajstić information content (AvgIpc) is 2.95. The summed E-state index contributed by atoms with van der Waals surface area (Å²) in [5, 5.41) is 0. The number of carbonyl (C=O) groups is 2. The molecule has 0 aliphatic carbocycles. The number of ether oxygens (including phenoxy) is 1. The molecule has 2 fully saturated rings. The zero-order chi connectivity index (χ0) is 15.9. The van der Waals surface area contributed by atoms with Gasteiger partial charge in [-0.15, -0.1) is 0 Å². The molecule has 1 aromatic rings. The summed E-state index contributed by atoms with van der Waals surface area (Å²) < 4.78 is 40.8. The van der Waals surface area contributed by atoms with E-state index in [0.717, 1.165) is 0 Å². The second kappa shape index (κ2) is 5.19. The van der Waals surface area contributed by atoms with Crippen LogP contribution < -0.4 is 9.64 Å². The number of nitrogens with zero attached hydrogens (tertiary/aromatic N) is 2. The number of Topliss-reactive ketones (excluding diaryl/α,β-unsaturated/α-hetero) is 1. The summed E-state index contributed by atoms with van der Waals surface area (Å²) >= 11 is 0. The van der Waals surface area contributed by atoms with E-state index in [0.29, 0.717) is 18.7 Å². The summed E-state index contributed by atoms with van der Waals surface area (Å²) in [5.41, 5.74) is 0.575. The highest BCUT2D eigenvalue weighted by atomic mass is 19.4. The molecular weight excluding hydrogens is 301 g/mol. The second-order valence-electron chi connectivity index (χ2n) is 5.32. The SMILES string of the molecule is O=C1CC2CN(c3ccc(OCC(F)(F)F)cc3)C(=O)N2C1. The minimum absolute atomic E-state index is 0.0499. The maximum atomic E-state index is 12.2. The Hall–Kier alpha value is -2.25. The molecule has 2 saturated heterocycles. The first-order valence-electron chi connectivity index (χ1n) is 6.73. The Morgan fingerprint density at radius 3 is 2.45 bits per heavy atom. The van der Waals surface area contributed by atoms with Gasteiger partial charge in [0.1, 0.15) is 5.75 Å². The van der Waals surface area contributed by atoms with E-state index in [1.807, 2.05) is 0 Å². The Kier molecular flexibility index (Phi) is 3.46. The molecule has 2 heterocycles. The van der Waals surface area contributed by atoms with Crippen molar-refractivity contribution >= 4 is 17.5 Å². The number of urea groups is 1. The van der Waals surface area contributed by atoms with Crippen LogP contribution in [-0.2, 0) is 4.79 Å². The summed E-state index contributed by atoms with van der Waals surface area (Å²) in [6.45, 7) is -0.812. The van der Waals surface area contributed by atoms with Crippen LogP contribution in [0.15, 0.2) is 24.3 Å². The van der Waals surface area contributed by atoms with Crippen LogP contribution in [0, 0.1) is 0 Å². The van der Waals surface area contributed by atoms with Gasteiger partial charge in [-0.2, -0.15) is 13.2 Å². The van der Waals surface area contributed by atoms with E-state index in [2.05, 4.69) is 4.74 Å². The molecule has 0 saturated carbocycles. The number of alkyl halides is 3. The molecule has 3 rings (SSSR count). The topological polar surface area (TPSA) is 49.9 Å². The summed E-state index contributed by atoms with van der Waals surface area (Å²) in [6.07, 6.45) is -4.03. The van der Waals surface area contributed by atoms with Crippen LogP contribution in [-0.4, -0.2) is 48.6 Å². The molecule has 0 radical (unpaired) electrons. The monoisotopic (exact) mass is 314 g/mol. The van der Waals surface area contributed by atoms with Crippen molar-refractivity contribution in [3.8, 4) is 5.75 Å². The van der Waals surface area contributed by atoms with Crippen LogP contribution in [0.2, 0.25) is 0 Å². The summed E-state index contributed by atoms with van der Waals surface area (Å²) in [6, 6.07) is 5.49. The van der Waals surface area contributed by atoms with Crippen LogP contribution in [0.3, 0.4) is 0 Å². The molecule has 22 heavy (non-hydrogen) atoms. The zero-order valence-electron chi connectivity index (χ0n) is 11.5. The van der Waals surface area contributed by atoms with Crippen LogP contribution >= 0.6 is 0 Å². The number of rotatable bonds is 3. The van der Waals surface area contributed by atoms with Gasteiger partial charge in [-0.25, -0.2) is 4.79 Å². The fourth-order valence-corrected chi connectivity index (χ4v) is 2.69. The molecule has 0 N–H and O–H groups in total. The lowest BCUT2D eigenvalue weighted by molar-refractivity contribution is -0.153. The number of ketones is 1. The Balaban J connectivity index is 1.67. The fourth-order valence-electron chi connectivity index (χ4n) is 2.69. The van der Waals surface area contributed by atoms with Gasteiger partial charge in [-0.05, 0) is 24.3 Å². The van der Waals surface area contributed by atoms with Gasteiger partial charge >= 0.3 is 12.2 Å². The Bertz CT molecular complexity index is 600. The molecule has 0 bridgehead atoms. The first-order chi connectivity index (χ1) is 10.3. The van der Waals surface area contributed by atoms with E-state index in [-0.39, 0.29) is 30.2 Å². The number of fused-ring (bicyclic) bond motifs is 1. The van der Waals surface area contributed by atoms with Crippen molar-refractivity contribution in [2.45, 2.75) is 18.6 Å². The minimum atomic E-state index is -4.39. The lowest BCUT2D eigenvalue weighted by Crippen LogP contribution is -2.32. The minimum Gasteiger partial charge on any atom is -0.484 e. The molecule has 1 unspecified atom stereocenters. The quantitative estimate of drug-likeness (QED) is 0.859. The molecule has 5 nitrogen and oxygen atoms in total. The third-order valence-corrected chi connectivity index (χ3v) is 3.67. The largest absolute Gasteiger partial charge is 0.484 e. The Morgan fingerprint density at radius 2 is 1.86 bits per heavy atom. The molecule has 0 aromatic heterocycles. The number of amides is 2. The van der Waals surface area contributed by atoms with E-state index in [9.17, 15) is 22.8 Å². The first-order valence-corrected chi connectivity index (χ1v) is 6.73. The number of hydrogen-bond donors (Lipinski definition) is 0. The first kappa shape index (κ1) is 14.7. The van der Waals surface area contributed by atoms with Gasteiger partial charge in [-0.1, -0.05) is 0 Å². The highest BCUT2D eigenvalue weighted by molar-refractivity contribution is 6.00. The van der Waals surface area contributed by atoms with Crippen LogP contribution in [0.1, 0.15) is 6.42 Å². The van der Waals surface area contributed by atoms with E-state index in [1.54, 1.807) is 0 Å². The van der Waals surface area contributed by atoms with Crippen molar-refractivity contribution < 1.29 is 27.5 Å². The van der Waals surface area contributed by atoms with Crippen molar-refractivity contribution in [2.24, 2.45) is 0 Å². The smallest absolute Gasteiger partial charge is 0.422 e. The summed E-state index contributed by atoms with van der Waals surface area (Å²) in [4.78, 5) is 26.6. The lowest BCUT2D eigenvalue weighted by Gasteiger charge is -2.17. The highest BCUT2D eigenvalue weighted by Crippen LogP contribution is 2.30.